The molecule has 1 rings (SSSR count). The second-order valence-corrected chi connectivity index (χ2v) is 17.6. The van der Waals surface area contributed by atoms with E-state index in [1.54, 1.807) is 0 Å². The smallest absolute Gasteiger partial charge is 0.0208 e. The summed E-state index contributed by atoms with van der Waals surface area (Å²) in [5.74, 6) is 0. The maximum absolute atomic E-state index is 3.96. The van der Waals surface area contributed by atoms with Gasteiger partial charge in [0.15, 0.2) is 0 Å². The molecule has 0 aromatic heterocycles. The van der Waals surface area contributed by atoms with E-state index in [4.69, 9.17) is 0 Å². The third-order valence-electron chi connectivity index (χ3n) is 12.2. The summed E-state index contributed by atoms with van der Waals surface area (Å²) in [5, 5.41) is 3.96. The first-order valence-corrected chi connectivity index (χ1v) is 25.1. The standard InChI is InChI=1S/C52H99N/c1-3-5-7-9-11-13-15-17-19-21-23-25-27-29-31-33-35-37-39-44-48-52(53-50-51-46-42-41-43-47-51)49-45-40-38-36-34-32-30-28-26-24-22-20-18-16-14-12-10-8-6-4-2/h41-43,46-47,52-53H,3-40,44-45,48-50H2,1-2H3. The van der Waals surface area contributed by atoms with Gasteiger partial charge in [-0.2, -0.15) is 0 Å². The van der Waals surface area contributed by atoms with Gasteiger partial charge in [0.2, 0.25) is 0 Å². The second-order valence-electron chi connectivity index (χ2n) is 17.6. The highest BCUT2D eigenvalue weighted by Gasteiger charge is 2.08. The minimum absolute atomic E-state index is 0.696. The lowest BCUT2D eigenvalue weighted by Crippen LogP contribution is -2.28. The third-order valence-corrected chi connectivity index (χ3v) is 12.2. The van der Waals surface area contributed by atoms with Crippen molar-refractivity contribution in [1.82, 2.24) is 5.32 Å². The Morgan fingerprint density at radius 1 is 0.302 bits per heavy atom. The molecule has 1 nitrogen and oxygen atoms in total. The lowest BCUT2D eigenvalue weighted by molar-refractivity contribution is 0.409. The summed E-state index contributed by atoms with van der Waals surface area (Å²) in [7, 11) is 0. The normalized spacial score (nSPS) is 11.7. The molecule has 0 saturated heterocycles. The van der Waals surface area contributed by atoms with Crippen LogP contribution in [0.3, 0.4) is 0 Å². The van der Waals surface area contributed by atoms with Crippen LogP contribution in [0.4, 0.5) is 0 Å². The first-order valence-electron chi connectivity index (χ1n) is 25.1. The van der Waals surface area contributed by atoms with Crippen LogP contribution in [-0.2, 0) is 6.54 Å². The van der Waals surface area contributed by atoms with Crippen molar-refractivity contribution < 1.29 is 0 Å². The Kier molecular flexibility index (Phi) is 41.6. The molecule has 0 aliphatic heterocycles. The maximum atomic E-state index is 3.96. The van der Waals surface area contributed by atoms with Gasteiger partial charge >= 0.3 is 0 Å². The Labute approximate surface area is 336 Å². The molecule has 1 aromatic carbocycles. The highest BCUT2D eigenvalue weighted by molar-refractivity contribution is 5.14. The highest BCUT2D eigenvalue weighted by Crippen LogP contribution is 2.19. The van der Waals surface area contributed by atoms with Crippen molar-refractivity contribution in [2.24, 2.45) is 0 Å². The average Bonchev–Trinajstić information content (AvgIpc) is 3.18. The highest BCUT2D eigenvalue weighted by atomic mass is 14.9. The summed E-state index contributed by atoms with van der Waals surface area (Å²) in [5.41, 5.74) is 1.43. The van der Waals surface area contributed by atoms with Crippen LogP contribution in [0.25, 0.3) is 0 Å². The number of benzene rings is 1. The van der Waals surface area contributed by atoms with Crippen molar-refractivity contribution in [3.05, 3.63) is 35.9 Å². The summed E-state index contributed by atoms with van der Waals surface area (Å²) in [4.78, 5) is 0. The van der Waals surface area contributed by atoms with Crippen LogP contribution >= 0.6 is 0 Å². The van der Waals surface area contributed by atoms with Crippen LogP contribution in [0.1, 0.15) is 289 Å². The molecule has 0 spiro atoms. The van der Waals surface area contributed by atoms with E-state index in [0.717, 1.165) is 6.54 Å². The van der Waals surface area contributed by atoms with E-state index in [1.165, 1.54) is 275 Å². The van der Waals surface area contributed by atoms with E-state index in [9.17, 15) is 0 Å². The molecule has 0 saturated carbocycles. The van der Waals surface area contributed by atoms with Gasteiger partial charge in [0.05, 0.1) is 0 Å². The summed E-state index contributed by atoms with van der Waals surface area (Å²) in [6.45, 7) is 5.66. The van der Waals surface area contributed by atoms with Crippen molar-refractivity contribution in [3.63, 3.8) is 0 Å². The molecule has 1 heteroatoms. The molecule has 0 aliphatic carbocycles. The summed E-state index contributed by atoms with van der Waals surface area (Å²) in [6.07, 6.45) is 61.2. The quantitative estimate of drug-likeness (QED) is 0.0657. The number of unbranched alkanes of at least 4 members (excludes halogenated alkanes) is 38. The number of rotatable bonds is 45. The average molecular weight is 738 g/mol. The van der Waals surface area contributed by atoms with Crippen LogP contribution in [0.15, 0.2) is 30.3 Å². The van der Waals surface area contributed by atoms with Gasteiger partial charge in [-0.1, -0.05) is 301 Å². The van der Waals surface area contributed by atoms with E-state index in [2.05, 4.69) is 49.5 Å². The molecule has 0 unspecified atom stereocenters. The Hall–Kier alpha value is -0.820. The van der Waals surface area contributed by atoms with Gasteiger partial charge < -0.3 is 5.32 Å². The Balaban J connectivity index is 1.94. The Morgan fingerprint density at radius 2 is 0.528 bits per heavy atom. The zero-order valence-electron chi connectivity index (χ0n) is 36.9. The fourth-order valence-corrected chi connectivity index (χ4v) is 8.50. The van der Waals surface area contributed by atoms with Crippen molar-refractivity contribution in [2.45, 2.75) is 296 Å². The number of nitrogens with one attached hydrogen (secondary N) is 1. The monoisotopic (exact) mass is 738 g/mol. The van der Waals surface area contributed by atoms with E-state index in [0.29, 0.717) is 6.04 Å². The van der Waals surface area contributed by atoms with Crippen LogP contribution in [0.5, 0.6) is 0 Å². The van der Waals surface area contributed by atoms with Crippen molar-refractivity contribution in [3.8, 4) is 0 Å². The SMILES string of the molecule is CCCCCCCCCCCCCCCCCCCCCCC(CCCCCCCCCCCCCCCCCCCCCC)NCc1ccccc1. The summed E-state index contributed by atoms with van der Waals surface area (Å²) in [6, 6.07) is 11.8. The van der Waals surface area contributed by atoms with Gasteiger partial charge in [-0.3, -0.25) is 0 Å². The van der Waals surface area contributed by atoms with E-state index < -0.39 is 0 Å². The van der Waals surface area contributed by atoms with E-state index in [-0.39, 0.29) is 0 Å². The zero-order chi connectivity index (χ0) is 37.8. The molecule has 0 fully saturated rings. The molecular formula is C52H99N. The minimum Gasteiger partial charge on any atom is -0.310 e. The second kappa shape index (κ2) is 43.9. The fourth-order valence-electron chi connectivity index (χ4n) is 8.50. The molecule has 0 heterocycles. The van der Waals surface area contributed by atoms with Crippen LogP contribution in [0, 0.1) is 0 Å². The van der Waals surface area contributed by atoms with Gasteiger partial charge in [-0.25, -0.2) is 0 Å². The molecule has 0 aliphatic rings. The molecule has 312 valence electrons. The zero-order valence-corrected chi connectivity index (χ0v) is 36.9. The first-order chi connectivity index (χ1) is 26.4. The van der Waals surface area contributed by atoms with Gasteiger partial charge in [0.25, 0.3) is 0 Å². The van der Waals surface area contributed by atoms with Gasteiger partial charge in [-0.05, 0) is 18.4 Å². The molecular weight excluding hydrogens is 639 g/mol. The van der Waals surface area contributed by atoms with Crippen molar-refractivity contribution in [2.75, 3.05) is 0 Å². The Bertz CT molecular complexity index is 729. The lowest BCUT2D eigenvalue weighted by atomic mass is 9.99. The van der Waals surface area contributed by atoms with Crippen LogP contribution in [0.2, 0.25) is 0 Å². The Morgan fingerprint density at radius 3 is 0.774 bits per heavy atom. The summed E-state index contributed by atoms with van der Waals surface area (Å²) >= 11 is 0. The fraction of sp³-hybridized carbons (Fsp3) is 0.885. The predicted molar refractivity (Wildman–Crippen MR) is 242 cm³/mol. The topological polar surface area (TPSA) is 12.0 Å². The predicted octanol–water partition coefficient (Wildman–Crippen LogP) is 18.6. The minimum atomic E-state index is 0.696. The molecule has 0 bridgehead atoms. The van der Waals surface area contributed by atoms with Crippen molar-refractivity contribution >= 4 is 0 Å². The summed E-state index contributed by atoms with van der Waals surface area (Å²) < 4.78 is 0. The van der Waals surface area contributed by atoms with Gasteiger partial charge in [0.1, 0.15) is 0 Å². The number of hydrogen-bond acceptors (Lipinski definition) is 1. The van der Waals surface area contributed by atoms with E-state index >= 15 is 0 Å². The van der Waals surface area contributed by atoms with E-state index in [1.807, 2.05) is 0 Å². The number of hydrogen-bond donors (Lipinski definition) is 1. The molecule has 0 amide bonds. The van der Waals surface area contributed by atoms with Gasteiger partial charge in [-0.15, -0.1) is 0 Å². The molecule has 1 aromatic rings. The molecule has 0 radical (unpaired) electrons. The van der Waals surface area contributed by atoms with Gasteiger partial charge in [0, 0.05) is 12.6 Å². The van der Waals surface area contributed by atoms with Crippen LogP contribution < -0.4 is 5.32 Å². The lowest BCUT2D eigenvalue weighted by Gasteiger charge is -2.19. The van der Waals surface area contributed by atoms with Crippen molar-refractivity contribution in [1.29, 1.82) is 0 Å². The van der Waals surface area contributed by atoms with Crippen LogP contribution in [-0.4, -0.2) is 6.04 Å². The molecule has 1 N–H and O–H groups in total. The third kappa shape index (κ3) is 39.2. The maximum Gasteiger partial charge on any atom is 0.0208 e. The molecule has 0 atom stereocenters. The molecule has 53 heavy (non-hydrogen) atoms. The first kappa shape index (κ1) is 50.2. The largest absolute Gasteiger partial charge is 0.310 e.